The van der Waals surface area contributed by atoms with Crippen LogP contribution in [0.25, 0.3) is 98.4 Å². The summed E-state index contributed by atoms with van der Waals surface area (Å²) in [4.78, 5) is 0. The van der Waals surface area contributed by atoms with Crippen molar-refractivity contribution < 1.29 is 4.42 Å². The van der Waals surface area contributed by atoms with Crippen molar-refractivity contribution in [1.82, 2.24) is 0 Å². The van der Waals surface area contributed by atoms with Crippen molar-refractivity contribution >= 4 is 65.0 Å². The van der Waals surface area contributed by atoms with Crippen molar-refractivity contribution in [2.45, 2.75) is 0 Å². The summed E-state index contributed by atoms with van der Waals surface area (Å²) in [6.07, 6.45) is 0. The van der Waals surface area contributed by atoms with E-state index in [2.05, 4.69) is 164 Å². The van der Waals surface area contributed by atoms with Crippen LogP contribution in [0.3, 0.4) is 0 Å². The Morgan fingerprint density at radius 3 is 1.34 bits per heavy atom. The maximum atomic E-state index is 6.25. The summed E-state index contributed by atoms with van der Waals surface area (Å²) in [5.74, 6) is 0. The first-order valence-electron chi connectivity index (χ1n) is 16.2. The van der Waals surface area contributed by atoms with Gasteiger partial charge in [0.15, 0.2) is 0 Å². The molecular weight excluding hydrogens is 569 g/mol. The molecule has 0 atom stereocenters. The molecular formula is C46H28O. The molecule has 0 aliphatic carbocycles. The highest BCUT2D eigenvalue weighted by Gasteiger charge is 2.18. The average molecular weight is 597 g/mol. The molecule has 0 fully saturated rings. The number of hydrogen-bond acceptors (Lipinski definition) is 1. The number of rotatable bonds is 3. The van der Waals surface area contributed by atoms with Gasteiger partial charge in [0, 0.05) is 10.8 Å². The normalized spacial score (nSPS) is 11.8. The van der Waals surface area contributed by atoms with Gasteiger partial charge in [0.25, 0.3) is 0 Å². The number of furan rings is 1. The molecule has 0 aliphatic heterocycles. The highest BCUT2D eigenvalue weighted by Crippen LogP contribution is 2.45. The van der Waals surface area contributed by atoms with Gasteiger partial charge < -0.3 is 4.42 Å². The molecule has 9 aromatic carbocycles. The van der Waals surface area contributed by atoms with Crippen LogP contribution in [0.15, 0.2) is 174 Å². The highest BCUT2D eigenvalue weighted by molar-refractivity contribution is 6.21. The van der Waals surface area contributed by atoms with Gasteiger partial charge in [0.1, 0.15) is 11.2 Å². The first kappa shape index (κ1) is 26.1. The van der Waals surface area contributed by atoms with Gasteiger partial charge >= 0.3 is 0 Å². The lowest BCUT2D eigenvalue weighted by atomic mass is 9.85. The summed E-state index contributed by atoms with van der Waals surface area (Å²) in [5, 5.41) is 12.3. The maximum absolute atomic E-state index is 6.25. The molecule has 1 heteroatoms. The second-order valence-electron chi connectivity index (χ2n) is 12.4. The summed E-state index contributed by atoms with van der Waals surface area (Å²) >= 11 is 0. The Kier molecular flexibility index (Phi) is 5.64. The predicted octanol–water partition coefficient (Wildman–Crippen LogP) is 13.2. The quantitative estimate of drug-likeness (QED) is 0.185. The smallest absolute Gasteiger partial charge is 0.135 e. The minimum Gasteiger partial charge on any atom is -0.456 e. The van der Waals surface area contributed by atoms with Crippen LogP contribution in [-0.2, 0) is 0 Å². The molecule has 1 nitrogen and oxygen atoms in total. The van der Waals surface area contributed by atoms with Gasteiger partial charge in [-0.2, -0.15) is 0 Å². The average Bonchev–Trinajstić information content (AvgIpc) is 3.51. The summed E-state index contributed by atoms with van der Waals surface area (Å²) in [7, 11) is 0. The number of para-hydroxylation sites is 1. The third-order valence-corrected chi connectivity index (χ3v) is 9.86. The van der Waals surface area contributed by atoms with Gasteiger partial charge in [-0.3, -0.25) is 0 Å². The van der Waals surface area contributed by atoms with E-state index in [4.69, 9.17) is 4.42 Å². The van der Waals surface area contributed by atoms with E-state index in [1.165, 1.54) is 76.5 Å². The molecule has 10 aromatic rings. The zero-order valence-electron chi connectivity index (χ0n) is 25.6. The predicted molar refractivity (Wildman–Crippen MR) is 200 cm³/mol. The molecule has 0 amide bonds. The Morgan fingerprint density at radius 1 is 0.277 bits per heavy atom. The zero-order chi connectivity index (χ0) is 30.9. The first-order valence-corrected chi connectivity index (χ1v) is 16.2. The fourth-order valence-electron chi connectivity index (χ4n) is 7.75. The lowest BCUT2D eigenvalue weighted by Crippen LogP contribution is -1.91. The SMILES string of the molecule is c1ccc2c(-c3cccc4c(-c5ccc6oc7ccccc7c6c5)c5cccc(-c6cccc7ccccc67)c5cc34)cccc2c1. The molecule has 47 heavy (non-hydrogen) atoms. The van der Waals surface area contributed by atoms with Crippen molar-refractivity contribution in [2.24, 2.45) is 0 Å². The van der Waals surface area contributed by atoms with Gasteiger partial charge in [-0.15, -0.1) is 0 Å². The van der Waals surface area contributed by atoms with Crippen LogP contribution in [0.2, 0.25) is 0 Å². The minimum atomic E-state index is 0.910. The van der Waals surface area contributed by atoms with E-state index in [1.54, 1.807) is 0 Å². The molecule has 1 heterocycles. The zero-order valence-corrected chi connectivity index (χ0v) is 25.6. The number of fused-ring (bicyclic) bond motifs is 7. The molecule has 0 spiro atoms. The topological polar surface area (TPSA) is 13.1 Å². The maximum Gasteiger partial charge on any atom is 0.135 e. The molecule has 0 unspecified atom stereocenters. The largest absolute Gasteiger partial charge is 0.456 e. The Balaban J connectivity index is 1.36. The van der Waals surface area contributed by atoms with Crippen LogP contribution in [0.5, 0.6) is 0 Å². The first-order chi connectivity index (χ1) is 23.3. The molecule has 1 aromatic heterocycles. The van der Waals surface area contributed by atoms with Crippen LogP contribution < -0.4 is 0 Å². The van der Waals surface area contributed by atoms with Gasteiger partial charge in [-0.05, 0) is 101 Å². The van der Waals surface area contributed by atoms with E-state index in [9.17, 15) is 0 Å². The molecule has 10 rings (SSSR count). The third kappa shape index (κ3) is 3.97. The van der Waals surface area contributed by atoms with Crippen LogP contribution >= 0.6 is 0 Å². The second-order valence-corrected chi connectivity index (χ2v) is 12.4. The monoisotopic (exact) mass is 596 g/mol. The van der Waals surface area contributed by atoms with Crippen molar-refractivity contribution in [3.05, 3.63) is 170 Å². The molecule has 0 radical (unpaired) electrons. The summed E-state index contributed by atoms with van der Waals surface area (Å²) < 4.78 is 6.25. The standard InChI is InChI=1S/C46H28O/c1-3-15-32-29(11-1)13-7-18-34(32)36-20-9-22-39-41(36)28-42-37(35-19-8-14-30-12-2-4-16-33(30)35)21-10-23-40(42)46(39)31-25-26-45-43(27-31)38-17-5-6-24-44(38)47-45/h1-28H. The number of hydrogen-bond donors (Lipinski definition) is 0. The van der Waals surface area contributed by atoms with E-state index in [0.717, 1.165) is 21.9 Å². The van der Waals surface area contributed by atoms with Crippen molar-refractivity contribution in [1.29, 1.82) is 0 Å². The lowest BCUT2D eigenvalue weighted by Gasteiger charge is -2.18. The van der Waals surface area contributed by atoms with Gasteiger partial charge in [0.05, 0.1) is 0 Å². The Bertz CT molecular complexity index is 2700. The third-order valence-electron chi connectivity index (χ3n) is 9.86. The highest BCUT2D eigenvalue weighted by atomic mass is 16.3. The Morgan fingerprint density at radius 2 is 0.723 bits per heavy atom. The van der Waals surface area contributed by atoms with Crippen LogP contribution in [0.1, 0.15) is 0 Å². The van der Waals surface area contributed by atoms with E-state index in [0.29, 0.717) is 0 Å². The fourth-order valence-corrected chi connectivity index (χ4v) is 7.75. The number of benzene rings is 9. The van der Waals surface area contributed by atoms with Gasteiger partial charge in [0.2, 0.25) is 0 Å². The summed E-state index contributed by atoms with van der Waals surface area (Å²) in [6.45, 7) is 0. The molecule has 0 bridgehead atoms. The van der Waals surface area contributed by atoms with Gasteiger partial charge in [-0.1, -0.05) is 146 Å². The Labute approximate surface area is 271 Å². The van der Waals surface area contributed by atoms with E-state index >= 15 is 0 Å². The van der Waals surface area contributed by atoms with E-state index < -0.39 is 0 Å². The van der Waals surface area contributed by atoms with Crippen molar-refractivity contribution in [3.8, 4) is 33.4 Å². The summed E-state index contributed by atoms with van der Waals surface area (Å²) in [6, 6.07) is 61.7. The Hall–Kier alpha value is -6.18. The van der Waals surface area contributed by atoms with E-state index in [-0.39, 0.29) is 0 Å². The molecule has 0 aliphatic rings. The minimum absolute atomic E-state index is 0.910. The van der Waals surface area contributed by atoms with Gasteiger partial charge in [-0.25, -0.2) is 0 Å². The summed E-state index contributed by atoms with van der Waals surface area (Å²) in [5.41, 5.74) is 9.23. The fraction of sp³-hybridized carbons (Fsp3) is 0. The van der Waals surface area contributed by atoms with E-state index in [1.807, 2.05) is 6.07 Å². The van der Waals surface area contributed by atoms with Crippen LogP contribution in [0.4, 0.5) is 0 Å². The van der Waals surface area contributed by atoms with Crippen LogP contribution in [0, 0.1) is 0 Å². The molecule has 0 N–H and O–H groups in total. The molecule has 0 saturated heterocycles. The van der Waals surface area contributed by atoms with Crippen LogP contribution in [-0.4, -0.2) is 0 Å². The van der Waals surface area contributed by atoms with Crippen molar-refractivity contribution in [2.75, 3.05) is 0 Å². The molecule has 218 valence electrons. The lowest BCUT2D eigenvalue weighted by molar-refractivity contribution is 0.669. The second kappa shape index (κ2) is 10.2. The van der Waals surface area contributed by atoms with Crippen molar-refractivity contribution in [3.63, 3.8) is 0 Å². The molecule has 0 saturated carbocycles.